The molecular formula is C13H9ClN2O4. The number of carbonyl (C=O) groups excluding carboxylic acids is 2. The van der Waals surface area contributed by atoms with Gasteiger partial charge in [0.25, 0.3) is 5.91 Å². The number of primary amides is 1. The summed E-state index contributed by atoms with van der Waals surface area (Å²) in [7, 11) is 0. The second kappa shape index (κ2) is 6.41. The fourth-order valence-electron chi connectivity index (χ4n) is 1.24. The van der Waals surface area contributed by atoms with E-state index in [2.05, 4.69) is 0 Å². The van der Waals surface area contributed by atoms with Crippen molar-refractivity contribution in [3.8, 4) is 6.07 Å². The highest BCUT2D eigenvalue weighted by atomic mass is 35.5. The Bertz CT molecular complexity index is 654. The average molecular weight is 293 g/mol. The highest BCUT2D eigenvalue weighted by molar-refractivity contribution is 6.30. The Morgan fingerprint density at radius 2 is 1.80 bits per heavy atom. The van der Waals surface area contributed by atoms with Gasteiger partial charge in [0, 0.05) is 16.7 Å². The highest BCUT2D eigenvalue weighted by Crippen LogP contribution is 2.16. The van der Waals surface area contributed by atoms with Crippen LogP contribution < -0.4 is 5.73 Å². The molecule has 0 saturated heterocycles. The summed E-state index contributed by atoms with van der Waals surface area (Å²) < 4.78 is 0. The van der Waals surface area contributed by atoms with Crippen LogP contribution in [-0.2, 0) is 9.59 Å². The number of carbonyl (C=O) groups is 2. The first-order valence-corrected chi connectivity index (χ1v) is 5.58. The summed E-state index contributed by atoms with van der Waals surface area (Å²) >= 11 is 5.66. The minimum atomic E-state index is -1.24. The van der Waals surface area contributed by atoms with Gasteiger partial charge in [0.2, 0.25) is 5.78 Å². The van der Waals surface area contributed by atoms with E-state index in [0.29, 0.717) is 11.1 Å². The number of nitrogens with two attached hydrogens (primary N) is 1. The van der Waals surface area contributed by atoms with Gasteiger partial charge in [-0.1, -0.05) is 11.6 Å². The third kappa shape index (κ3) is 3.60. The zero-order valence-electron chi connectivity index (χ0n) is 10.0. The van der Waals surface area contributed by atoms with Crippen molar-refractivity contribution in [2.45, 2.75) is 0 Å². The number of ketones is 1. The molecule has 0 atom stereocenters. The first-order valence-electron chi connectivity index (χ1n) is 5.21. The molecule has 0 heterocycles. The lowest BCUT2D eigenvalue weighted by Gasteiger charge is -2.01. The van der Waals surface area contributed by atoms with Crippen molar-refractivity contribution in [1.29, 1.82) is 5.26 Å². The molecule has 1 amide bonds. The number of hydrogen-bond acceptors (Lipinski definition) is 5. The van der Waals surface area contributed by atoms with Gasteiger partial charge in [0.05, 0.1) is 0 Å². The van der Waals surface area contributed by atoms with Gasteiger partial charge in [-0.15, -0.1) is 0 Å². The average Bonchev–Trinajstić information content (AvgIpc) is 2.39. The summed E-state index contributed by atoms with van der Waals surface area (Å²) in [6, 6.07) is 7.18. The summed E-state index contributed by atoms with van der Waals surface area (Å²) in [5.74, 6) is -3.94. The van der Waals surface area contributed by atoms with Crippen LogP contribution in [0.1, 0.15) is 5.56 Å². The van der Waals surface area contributed by atoms with Crippen molar-refractivity contribution < 1.29 is 19.8 Å². The molecule has 0 aliphatic rings. The molecule has 0 radical (unpaired) electrons. The molecule has 1 aromatic carbocycles. The molecule has 0 unspecified atom stereocenters. The molecule has 0 fully saturated rings. The topological polar surface area (TPSA) is 124 Å². The number of aliphatic hydroxyl groups excluding tert-OH is 2. The van der Waals surface area contributed by atoms with Crippen LogP contribution >= 0.6 is 11.6 Å². The number of aliphatic hydroxyl groups is 2. The predicted octanol–water partition coefficient (Wildman–Crippen LogP) is 1.63. The molecule has 6 nitrogen and oxygen atoms in total. The third-order valence-corrected chi connectivity index (χ3v) is 2.49. The Balaban J connectivity index is 3.11. The largest absolute Gasteiger partial charge is 0.507 e. The van der Waals surface area contributed by atoms with Gasteiger partial charge in [0.1, 0.15) is 11.8 Å². The van der Waals surface area contributed by atoms with Gasteiger partial charge in [-0.3, -0.25) is 9.59 Å². The Hall–Kier alpha value is -2.78. The van der Waals surface area contributed by atoms with Crippen molar-refractivity contribution in [1.82, 2.24) is 0 Å². The normalized spacial score (nSPS) is 12.3. The molecule has 0 saturated carbocycles. The van der Waals surface area contributed by atoms with Gasteiger partial charge in [-0.05, 0) is 24.3 Å². The minimum absolute atomic E-state index is 0.271. The first-order chi connectivity index (χ1) is 9.36. The third-order valence-electron chi connectivity index (χ3n) is 2.24. The van der Waals surface area contributed by atoms with Gasteiger partial charge < -0.3 is 15.9 Å². The van der Waals surface area contributed by atoms with Gasteiger partial charge >= 0.3 is 0 Å². The summed E-state index contributed by atoms with van der Waals surface area (Å²) in [6.07, 6.45) is 0.666. The number of hydrogen-bond donors (Lipinski definition) is 3. The second-order valence-corrected chi connectivity index (χ2v) is 4.04. The van der Waals surface area contributed by atoms with E-state index in [4.69, 9.17) is 22.6 Å². The molecule has 0 aliphatic heterocycles. The number of nitriles is 1. The van der Waals surface area contributed by atoms with Crippen molar-refractivity contribution in [2.75, 3.05) is 0 Å². The number of amides is 1. The molecule has 0 aromatic heterocycles. The van der Waals surface area contributed by atoms with Crippen molar-refractivity contribution in [3.63, 3.8) is 0 Å². The van der Waals surface area contributed by atoms with Gasteiger partial charge in [-0.2, -0.15) is 5.26 Å². The predicted molar refractivity (Wildman–Crippen MR) is 71.5 cm³/mol. The number of rotatable bonds is 4. The van der Waals surface area contributed by atoms with Crippen molar-refractivity contribution in [3.05, 3.63) is 52.3 Å². The van der Waals surface area contributed by atoms with E-state index >= 15 is 0 Å². The van der Waals surface area contributed by atoms with Crippen LogP contribution in [0, 0.1) is 11.3 Å². The second-order valence-electron chi connectivity index (χ2n) is 3.60. The van der Waals surface area contributed by atoms with Gasteiger partial charge in [0.15, 0.2) is 11.3 Å². The standard InChI is InChI=1S/C13H9ClN2O4/c14-8-3-1-7(2-4-8)10(17)5-11(18)12(19)9(6-15)13(16)20/h1-5,17,19H,(H2,16,20). The van der Waals surface area contributed by atoms with E-state index < -0.39 is 28.8 Å². The first kappa shape index (κ1) is 15.3. The Morgan fingerprint density at radius 3 is 2.25 bits per heavy atom. The monoisotopic (exact) mass is 292 g/mol. The molecule has 1 aromatic rings. The maximum absolute atomic E-state index is 11.6. The van der Waals surface area contributed by atoms with E-state index in [-0.39, 0.29) is 5.56 Å². The lowest BCUT2D eigenvalue weighted by Crippen LogP contribution is -2.17. The molecule has 102 valence electrons. The van der Waals surface area contributed by atoms with Crippen LogP contribution in [0.4, 0.5) is 0 Å². The molecule has 20 heavy (non-hydrogen) atoms. The van der Waals surface area contributed by atoms with Crippen molar-refractivity contribution >= 4 is 29.1 Å². The molecule has 0 spiro atoms. The lowest BCUT2D eigenvalue weighted by molar-refractivity contribution is -0.116. The quantitative estimate of drug-likeness (QED) is 0.442. The summed E-state index contributed by atoms with van der Waals surface area (Å²) in [5, 5.41) is 28.1. The zero-order chi connectivity index (χ0) is 15.3. The fourth-order valence-corrected chi connectivity index (χ4v) is 1.37. The van der Waals surface area contributed by atoms with E-state index in [9.17, 15) is 19.8 Å². The fraction of sp³-hybridized carbons (Fsp3) is 0. The minimum Gasteiger partial charge on any atom is -0.507 e. The van der Waals surface area contributed by atoms with E-state index in [1.165, 1.54) is 30.3 Å². The van der Waals surface area contributed by atoms with Crippen LogP contribution in [0.3, 0.4) is 0 Å². The zero-order valence-corrected chi connectivity index (χ0v) is 10.8. The van der Waals surface area contributed by atoms with E-state index in [0.717, 1.165) is 0 Å². The molecular weight excluding hydrogens is 284 g/mol. The van der Waals surface area contributed by atoms with Crippen LogP contribution in [0.25, 0.3) is 5.76 Å². The van der Waals surface area contributed by atoms with Crippen LogP contribution in [0.15, 0.2) is 41.7 Å². The maximum atomic E-state index is 11.6. The Morgan fingerprint density at radius 1 is 1.25 bits per heavy atom. The SMILES string of the molecule is N#CC(C(N)=O)=C(O)C(=O)C=C(O)c1ccc(Cl)cc1. The van der Waals surface area contributed by atoms with Crippen LogP contribution in [0.2, 0.25) is 5.02 Å². The Kier molecular flexibility index (Phi) is 4.89. The summed E-state index contributed by atoms with van der Waals surface area (Å²) in [6.45, 7) is 0. The van der Waals surface area contributed by atoms with Crippen LogP contribution in [-0.4, -0.2) is 21.9 Å². The molecule has 0 bridgehead atoms. The molecule has 0 aliphatic carbocycles. The van der Waals surface area contributed by atoms with Gasteiger partial charge in [-0.25, -0.2) is 0 Å². The number of nitrogens with zero attached hydrogens (tertiary/aromatic N) is 1. The molecule has 7 heteroatoms. The molecule has 4 N–H and O–H groups in total. The highest BCUT2D eigenvalue weighted by Gasteiger charge is 2.17. The molecule has 1 rings (SSSR count). The summed E-state index contributed by atoms with van der Waals surface area (Å²) in [4.78, 5) is 22.4. The smallest absolute Gasteiger partial charge is 0.263 e. The number of halogens is 1. The van der Waals surface area contributed by atoms with E-state index in [1.54, 1.807) is 0 Å². The van der Waals surface area contributed by atoms with E-state index in [1.807, 2.05) is 0 Å². The maximum Gasteiger partial charge on any atom is 0.263 e. The summed E-state index contributed by atoms with van der Waals surface area (Å²) in [5.41, 5.74) is 4.21. The van der Waals surface area contributed by atoms with Crippen LogP contribution in [0.5, 0.6) is 0 Å². The number of allylic oxidation sites excluding steroid dienone is 1. The van der Waals surface area contributed by atoms with Crippen molar-refractivity contribution in [2.24, 2.45) is 5.73 Å². The Labute approximate surface area is 119 Å². The lowest BCUT2D eigenvalue weighted by atomic mass is 10.1. The number of benzene rings is 1.